The van der Waals surface area contributed by atoms with E-state index in [0.717, 1.165) is 44.7 Å². The van der Waals surface area contributed by atoms with Crippen molar-refractivity contribution in [2.45, 2.75) is 50.0 Å². The van der Waals surface area contributed by atoms with E-state index in [1.807, 2.05) is 78.9 Å². The van der Waals surface area contributed by atoms with Crippen molar-refractivity contribution in [2.75, 3.05) is 5.75 Å². The molecule has 2 amide bonds. The first-order chi connectivity index (χ1) is 23.1. The lowest BCUT2D eigenvalue weighted by molar-refractivity contribution is -0.268. The summed E-state index contributed by atoms with van der Waals surface area (Å²) in [5.41, 5.74) is 7.08. The maximum absolute atomic E-state index is 12.5. The number of aliphatic hydroxyl groups is 1. The van der Waals surface area contributed by atoms with Gasteiger partial charge >= 0.3 is 6.03 Å². The fraction of sp³-hybridized carbons (Fsp3) is 0.225. The summed E-state index contributed by atoms with van der Waals surface area (Å²) >= 11 is 1.79. The predicted octanol–water partition coefficient (Wildman–Crippen LogP) is 8.43. The quantitative estimate of drug-likeness (QED) is 0.126. The smallest absolute Gasteiger partial charge is 0.315 e. The van der Waals surface area contributed by atoms with Gasteiger partial charge in [-0.2, -0.15) is 0 Å². The van der Waals surface area contributed by atoms with Crippen LogP contribution in [-0.4, -0.2) is 23.0 Å². The number of carbonyl (C=O) groups is 1. The number of rotatable bonds is 11. The van der Waals surface area contributed by atoms with Gasteiger partial charge in [0.1, 0.15) is 0 Å². The normalized spacial score (nSPS) is 19.2. The van der Waals surface area contributed by atoms with Gasteiger partial charge in [-0.05, 0) is 45.5 Å². The molecule has 1 saturated heterocycles. The number of nitrogens with one attached hydrogen (secondary N) is 2. The maximum atomic E-state index is 12.5. The highest BCUT2D eigenvalue weighted by Crippen LogP contribution is 2.43. The van der Waals surface area contributed by atoms with Crippen molar-refractivity contribution in [3.63, 3.8) is 0 Å². The Morgan fingerprint density at radius 3 is 2.06 bits per heavy atom. The molecular formula is C40H40N2O4S. The van der Waals surface area contributed by atoms with Gasteiger partial charge < -0.3 is 25.2 Å². The molecule has 0 bridgehead atoms. The van der Waals surface area contributed by atoms with Gasteiger partial charge in [-0.1, -0.05) is 128 Å². The van der Waals surface area contributed by atoms with E-state index in [4.69, 9.17) is 9.47 Å². The van der Waals surface area contributed by atoms with E-state index < -0.39 is 6.29 Å². The van der Waals surface area contributed by atoms with Crippen molar-refractivity contribution in [3.8, 4) is 11.1 Å². The molecule has 240 valence electrons. The molecule has 7 heteroatoms. The van der Waals surface area contributed by atoms with E-state index in [9.17, 15) is 9.90 Å². The van der Waals surface area contributed by atoms with Crippen LogP contribution in [0.2, 0.25) is 0 Å². The van der Waals surface area contributed by atoms with Crippen LogP contribution >= 0.6 is 11.8 Å². The molecule has 6 rings (SSSR count). The molecule has 1 aliphatic rings. The molecule has 1 heterocycles. The monoisotopic (exact) mass is 644 g/mol. The highest BCUT2D eigenvalue weighted by atomic mass is 32.2. The average Bonchev–Trinajstić information content (AvgIpc) is 3.14. The van der Waals surface area contributed by atoms with Gasteiger partial charge in [0.2, 0.25) is 0 Å². The Morgan fingerprint density at radius 1 is 0.702 bits per heavy atom. The zero-order valence-electron chi connectivity index (χ0n) is 26.4. The van der Waals surface area contributed by atoms with E-state index in [0.29, 0.717) is 13.1 Å². The van der Waals surface area contributed by atoms with E-state index in [1.54, 1.807) is 11.8 Å². The third-order valence-electron chi connectivity index (χ3n) is 8.53. The molecule has 0 saturated carbocycles. The van der Waals surface area contributed by atoms with Crippen LogP contribution in [0.15, 0.2) is 138 Å². The molecule has 1 aliphatic heterocycles. The van der Waals surface area contributed by atoms with Crippen LogP contribution < -0.4 is 10.6 Å². The maximum Gasteiger partial charge on any atom is 0.315 e. The summed E-state index contributed by atoms with van der Waals surface area (Å²) in [6, 6.07) is 44.5. The minimum absolute atomic E-state index is 0.0103. The molecule has 0 radical (unpaired) electrons. The minimum atomic E-state index is -0.533. The summed E-state index contributed by atoms with van der Waals surface area (Å²) in [5, 5.41) is 15.5. The summed E-state index contributed by atoms with van der Waals surface area (Å²) in [6.45, 7) is 3.08. The van der Waals surface area contributed by atoms with Crippen LogP contribution in [0.25, 0.3) is 11.1 Å². The predicted molar refractivity (Wildman–Crippen MR) is 188 cm³/mol. The Kier molecular flexibility index (Phi) is 11.0. The number of aliphatic hydroxyl groups excluding tert-OH is 1. The number of amides is 2. The first-order valence-electron chi connectivity index (χ1n) is 16.0. The summed E-state index contributed by atoms with van der Waals surface area (Å²) in [7, 11) is 0. The number of carbonyl (C=O) groups excluding carboxylic acids is 1. The molecule has 0 spiro atoms. The first kappa shape index (κ1) is 32.5. The Morgan fingerprint density at radius 2 is 1.34 bits per heavy atom. The number of benzene rings is 5. The molecular weight excluding hydrogens is 605 g/mol. The van der Waals surface area contributed by atoms with Crippen LogP contribution in [0.5, 0.6) is 0 Å². The molecule has 5 aromatic carbocycles. The van der Waals surface area contributed by atoms with Crippen LogP contribution in [-0.2, 0) is 29.2 Å². The van der Waals surface area contributed by atoms with E-state index in [2.05, 4.69) is 72.2 Å². The lowest BCUT2D eigenvalue weighted by Crippen LogP contribution is -2.38. The van der Waals surface area contributed by atoms with Gasteiger partial charge in [0.05, 0.1) is 18.8 Å². The van der Waals surface area contributed by atoms with Gasteiger partial charge in [0.15, 0.2) is 6.29 Å². The lowest BCUT2D eigenvalue weighted by Gasteiger charge is -2.41. The number of hydrogen-bond donors (Lipinski definition) is 3. The van der Waals surface area contributed by atoms with Crippen molar-refractivity contribution in [3.05, 3.63) is 161 Å². The Labute approximate surface area is 281 Å². The van der Waals surface area contributed by atoms with Crippen molar-refractivity contribution in [1.29, 1.82) is 0 Å². The van der Waals surface area contributed by atoms with Crippen molar-refractivity contribution < 1.29 is 19.4 Å². The number of ether oxygens (including phenoxy) is 2. The lowest BCUT2D eigenvalue weighted by atomic mass is 9.91. The van der Waals surface area contributed by atoms with Crippen molar-refractivity contribution in [2.24, 2.45) is 5.92 Å². The molecule has 0 aromatic heterocycles. The van der Waals surface area contributed by atoms with Gasteiger partial charge in [-0.3, -0.25) is 0 Å². The molecule has 4 atom stereocenters. The largest absolute Gasteiger partial charge is 0.392 e. The third kappa shape index (κ3) is 8.50. The van der Waals surface area contributed by atoms with Gasteiger partial charge in [-0.15, -0.1) is 11.8 Å². The third-order valence-corrected chi connectivity index (χ3v) is 9.63. The zero-order valence-corrected chi connectivity index (χ0v) is 27.2. The standard InChI is InChI=1S/C40H40N2O4S/c1-28-37(27-47-35-13-6-3-7-14-35)45-39(46-38(28)32-18-16-30(26-43)17-19-32)33-22-20-31(21-23-33)36-15-9-8-12-34(36)25-42-40(44)41-24-29-10-4-2-5-11-29/h2-23,28,37-39,43H,24-27H2,1H3,(H2,41,42,44)/t28-,37+,38+,39+/m0/s1. The summed E-state index contributed by atoms with van der Waals surface area (Å²) in [6.07, 6.45) is -0.738. The topological polar surface area (TPSA) is 79.8 Å². The second kappa shape index (κ2) is 15.9. The number of hydrogen-bond acceptors (Lipinski definition) is 5. The van der Waals surface area contributed by atoms with Crippen LogP contribution in [0, 0.1) is 5.92 Å². The van der Waals surface area contributed by atoms with E-state index in [1.165, 1.54) is 4.90 Å². The zero-order chi connectivity index (χ0) is 32.4. The van der Waals surface area contributed by atoms with Crippen LogP contribution in [0.3, 0.4) is 0 Å². The summed E-state index contributed by atoms with van der Waals surface area (Å²) < 4.78 is 13.3. The van der Waals surface area contributed by atoms with Crippen LogP contribution in [0.1, 0.15) is 47.1 Å². The SMILES string of the molecule is C[C@H]1[C@@H](CSc2ccccc2)O[C@@H](c2ccc(-c3ccccc3CNC(=O)NCc3ccccc3)cc2)O[C@H]1c1ccc(CO)cc1. The second-order valence-corrected chi connectivity index (χ2v) is 12.8. The Balaban J connectivity index is 1.16. The molecule has 0 aliphatic carbocycles. The molecule has 0 unspecified atom stereocenters. The van der Waals surface area contributed by atoms with E-state index in [-0.39, 0.29) is 30.8 Å². The molecule has 6 nitrogen and oxygen atoms in total. The molecule has 47 heavy (non-hydrogen) atoms. The van der Waals surface area contributed by atoms with Crippen molar-refractivity contribution >= 4 is 17.8 Å². The van der Waals surface area contributed by atoms with Crippen LogP contribution in [0.4, 0.5) is 4.79 Å². The van der Waals surface area contributed by atoms with Crippen molar-refractivity contribution in [1.82, 2.24) is 10.6 Å². The highest BCUT2D eigenvalue weighted by molar-refractivity contribution is 7.99. The Bertz CT molecular complexity index is 1720. The summed E-state index contributed by atoms with van der Waals surface area (Å²) in [4.78, 5) is 13.7. The van der Waals surface area contributed by atoms with Gasteiger partial charge in [0.25, 0.3) is 0 Å². The highest BCUT2D eigenvalue weighted by Gasteiger charge is 2.38. The van der Waals surface area contributed by atoms with Gasteiger partial charge in [0, 0.05) is 35.2 Å². The Hall–Kier alpha value is -4.40. The van der Waals surface area contributed by atoms with Gasteiger partial charge in [-0.25, -0.2) is 4.79 Å². The molecule has 3 N–H and O–H groups in total. The van der Waals surface area contributed by atoms with E-state index >= 15 is 0 Å². The molecule has 1 fully saturated rings. The molecule has 5 aromatic rings. The number of thioether (sulfide) groups is 1. The average molecular weight is 645 g/mol. The summed E-state index contributed by atoms with van der Waals surface area (Å²) in [5.74, 6) is 0.916. The fourth-order valence-electron chi connectivity index (χ4n) is 5.80. The fourth-order valence-corrected chi connectivity index (χ4v) is 6.89. The first-order valence-corrected chi connectivity index (χ1v) is 17.0. The number of urea groups is 1. The minimum Gasteiger partial charge on any atom is -0.392 e. The second-order valence-electron chi connectivity index (χ2n) is 11.7.